The number of aryl methyl sites for hydroxylation is 1. The van der Waals surface area contributed by atoms with Gasteiger partial charge in [0.1, 0.15) is 5.75 Å². The van der Waals surface area contributed by atoms with E-state index < -0.39 is 10.3 Å². The molecule has 0 spiro atoms. The predicted molar refractivity (Wildman–Crippen MR) is 94.0 cm³/mol. The quantitative estimate of drug-likeness (QED) is 0.899. The molecule has 0 unspecified atom stereocenters. The van der Waals surface area contributed by atoms with E-state index in [1.54, 1.807) is 6.07 Å². The van der Waals surface area contributed by atoms with Crippen molar-refractivity contribution in [2.24, 2.45) is 22.4 Å². The molecule has 0 heterocycles. The second-order valence-corrected chi connectivity index (χ2v) is 9.15. The molecule has 2 saturated carbocycles. The van der Waals surface area contributed by atoms with Crippen molar-refractivity contribution in [3.63, 3.8) is 0 Å². The lowest BCUT2D eigenvalue weighted by Crippen LogP contribution is -2.40. The molecule has 132 valence electrons. The summed E-state index contributed by atoms with van der Waals surface area (Å²) in [6.07, 6.45) is 10.4. The van der Waals surface area contributed by atoms with Crippen molar-refractivity contribution in [3.8, 4) is 5.75 Å². The van der Waals surface area contributed by atoms with E-state index in [0.29, 0.717) is 17.1 Å². The normalized spacial score (nSPS) is 35.0. The highest BCUT2D eigenvalue weighted by Crippen LogP contribution is 2.62. The van der Waals surface area contributed by atoms with Crippen molar-refractivity contribution >= 4 is 10.3 Å². The van der Waals surface area contributed by atoms with E-state index in [2.05, 4.69) is 13.0 Å². The molecule has 3 aliphatic carbocycles. The molecule has 0 aliphatic heterocycles. The monoisotopic (exact) mass is 349 g/mol. The summed E-state index contributed by atoms with van der Waals surface area (Å²) in [6, 6.07) is 5.73. The van der Waals surface area contributed by atoms with Crippen molar-refractivity contribution in [1.82, 2.24) is 0 Å². The van der Waals surface area contributed by atoms with Crippen molar-refractivity contribution < 1.29 is 12.6 Å². The van der Waals surface area contributed by atoms with Crippen LogP contribution in [0.25, 0.3) is 0 Å². The van der Waals surface area contributed by atoms with E-state index in [1.165, 1.54) is 56.1 Å². The van der Waals surface area contributed by atoms with Gasteiger partial charge in [-0.3, -0.25) is 0 Å². The molecule has 0 aromatic heterocycles. The predicted octanol–water partition coefficient (Wildman–Crippen LogP) is 3.91. The topological polar surface area (TPSA) is 69.4 Å². The van der Waals surface area contributed by atoms with E-state index in [0.717, 1.165) is 18.3 Å². The van der Waals surface area contributed by atoms with Crippen LogP contribution in [0.5, 0.6) is 5.75 Å². The highest BCUT2D eigenvalue weighted by atomic mass is 32.2. The summed E-state index contributed by atoms with van der Waals surface area (Å²) < 4.78 is 27.1. The maximum atomic E-state index is 11.1. The third kappa shape index (κ3) is 2.66. The molecule has 4 atom stereocenters. The van der Waals surface area contributed by atoms with Gasteiger partial charge < -0.3 is 4.18 Å². The molecule has 0 bridgehead atoms. The molecule has 0 saturated heterocycles. The zero-order chi connectivity index (χ0) is 16.9. The maximum Gasteiger partial charge on any atom is 0.380 e. The molecule has 3 aliphatic rings. The Morgan fingerprint density at radius 1 is 1.25 bits per heavy atom. The lowest BCUT2D eigenvalue weighted by molar-refractivity contribution is 0.0409. The lowest BCUT2D eigenvalue weighted by atomic mass is 9.54. The second-order valence-electron chi connectivity index (χ2n) is 8.00. The van der Waals surface area contributed by atoms with Crippen LogP contribution in [-0.4, -0.2) is 8.42 Å². The van der Waals surface area contributed by atoms with Gasteiger partial charge >= 0.3 is 10.3 Å². The highest BCUT2D eigenvalue weighted by Gasteiger charge is 2.51. The molecule has 0 radical (unpaired) electrons. The zero-order valence-corrected chi connectivity index (χ0v) is 15.1. The van der Waals surface area contributed by atoms with Crippen molar-refractivity contribution in [2.45, 2.75) is 64.2 Å². The number of rotatable bonds is 3. The van der Waals surface area contributed by atoms with E-state index >= 15 is 0 Å². The first-order valence-electron chi connectivity index (χ1n) is 9.27. The van der Waals surface area contributed by atoms with Crippen LogP contribution in [0, 0.1) is 17.3 Å². The van der Waals surface area contributed by atoms with Gasteiger partial charge in [0.25, 0.3) is 0 Å². The maximum absolute atomic E-state index is 11.1. The molecule has 2 N–H and O–H groups in total. The first-order valence-corrected chi connectivity index (χ1v) is 10.7. The van der Waals surface area contributed by atoms with Crippen LogP contribution in [0.3, 0.4) is 0 Å². The zero-order valence-electron chi connectivity index (χ0n) is 14.3. The number of nitrogens with two attached hydrogens (primary N) is 1. The van der Waals surface area contributed by atoms with Crippen molar-refractivity contribution in [3.05, 3.63) is 29.3 Å². The summed E-state index contributed by atoms with van der Waals surface area (Å²) >= 11 is 0. The number of hydrogen-bond acceptors (Lipinski definition) is 3. The molecular formula is C19H27NO3S. The Labute approximate surface area is 145 Å². The molecule has 2 fully saturated rings. The average Bonchev–Trinajstić information content (AvgIpc) is 2.97. The van der Waals surface area contributed by atoms with Crippen LogP contribution in [-0.2, 0) is 16.7 Å². The van der Waals surface area contributed by atoms with Gasteiger partial charge in [-0.2, -0.15) is 13.6 Å². The molecule has 5 heteroatoms. The fourth-order valence-corrected chi connectivity index (χ4v) is 6.53. The molecule has 4 rings (SSSR count). The van der Waals surface area contributed by atoms with Crippen LogP contribution in [0.15, 0.2) is 18.2 Å². The van der Waals surface area contributed by atoms with E-state index in [9.17, 15) is 8.42 Å². The minimum absolute atomic E-state index is 0.342. The first kappa shape index (κ1) is 16.4. The molecule has 4 nitrogen and oxygen atoms in total. The fraction of sp³-hybridized carbons (Fsp3) is 0.684. The number of fused-ring (bicyclic) bond motifs is 5. The summed E-state index contributed by atoms with van der Waals surface area (Å²) in [5, 5.41) is 4.99. The van der Waals surface area contributed by atoms with Crippen LogP contribution < -0.4 is 9.32 Å². The molecule has 1 aromatic rings. The molecule has 1 aromatic carbocycles. The summed E-state index contributed by atoms with van der Waals surface area (Å²) in [5.41, 5.74) is 3.28. The highest BCUT2D eigenvalue weighted by molar-refractivity contribution is 7.84. The Bertz CT molecular complexity index is 745. The molecule has 24 heavy (non-hydrogen) atoms. The SMILES string of the molecule is CC[C@@]12CCC[C@H]1[C@@H]1CCc3cc(OS(N)(=O)=O)ccc3[C@H]1CC2. The van der Waals surface area contributed by atoms with Crippen LogP contribution in [0.4, 0.5) is 0 Å². The van der Waals surface area contributed by atoms with E-state index in [4.69, 9.17) is 9.32 Å². The van der Waals surface area contributed by atoms with E-state index in [-0.39, 0.29) is 0 Å². The minimum Gasteiger partial charge on any atom is -0.371 e. The van der Waals surface area contributed by atoms with Gasteiger partial charge in [0.05, 0.1) is 0 Å². The minimum atomic E-state index is -3.95. The summed E-state index contributed by atoms with van der Waals surface area (Å²) in [6.45, 7) is 2.38. The first-order chi connectivity index (χ1) is 11.4. The van der Waals surface area contributed by atoms with Gasteiger partial charge in [-0.1, -0.05) is 25.8 Å². The van der Waals surface area contributed by atoms with Gasteiger partial charge in [-0.05, 0) is 85.0 Å². The summed E-state index contributed by atoms with van der Waals surface area (Å²) in [4.78, 5) is 0. The van der Waals surface area contributed by atoms with Gasteiger partial charge in [0.15, 0.2) is 0 Å². The molecule has 0 amide bonds. The smallest absolute Gasteiger partial charge is 0.371 e. The van der Waals surface area contributed by atoms with E-state index in [1.807, 2.05) is 6.07 Å². The summed E-state index contributed by atoms with van der Waals surface area (Å²) in [5.74, 6) is 2.67. The van der Waals surface area contributed by atoms with Gasteiger partial charge in [0.2, 0.25) is 0 Å². The molecular weight excluding hydrogens is 322 g/mol. The van der Waals surface area contributed by atoms with Crippen LogP contribution in [0.2, 0.25) is 0 Å². The number of hydrogen-bond donors (Lipinski definition) is 1. The van der Waals surface area contributed by atoms with Crippen molar-refractivity contribution in [2.75, 3.05) is 0 Å². The Kier molecular flexibility index (Phi) is 3.92. The Balaban J connectivity index is 1.63. The average molecular weight is 349 g/mol. The van der Waals surface area contributed by atoms with Gasteiger partial charge in [-0.15, -0.1) is 0 Å². The summed E-state index contributed by atoms with van der Waals surface area (Å²) in [7, 11) is -3.95. The van der Waals surface area contributed by atoms with Crippen LogP contribution in [0.1, 0.15) is 68.9 Å². The Hall–Kier alpha value is -1.07. The fourth-order valence-electron chi connectivity index (χ4n) is 6.15. The van der Waals surface area contributed by atoms with Gasteiger partial charge in [-0.25, -0.2) is 0 Å². The largest absolute Gasteiger partial charge is 0.380 e. The third-order valence-corrected chi connectivity index (χ3v) is 7.57. The Morgan fingerprint density at radius 2 is 2.08 bits per heavy atom. The third-order valence-electron chi connectivity index (χ3n) is 7.14. The standard InChI is InChI=1S/C19H27NO3S/c1-2-19-10-3-4-18(19)17-7-5-13-12-14(23-24(20,21)22)6-8-15(13)16(17)9-11-19/h6,8,12,16-18H,2-5,7,9-11H2,1H3,(H2,20,21,22)/t16-,17-,18+,19+/m1/s1. The number of benzene rings is 1. The van der Waals surface area contributed by atoms with Gasteiger partial charge in [0, 0.05) is 0 Å². The second kappa shape index (κ2) is 5.73. The van der Waals surface area contributed by atoms with Crippen LogP contribution >= 0.6 is 0 Å². The lowest BCUT2D eigenvalue weighted by Gasteiger charge is -2.50. The van der Waals surface area contributed by atoms with Crippen molar-refractivity contribution in [1.29, 1.82) is 0 Å². The Morgan fingerprint density at radius 3 is 2.83 bits per heavy atom.